The van der Waals surface area contributed by atoms with Gasteiger partial charge in [0.25, 0.3) is 11.8 Å². The molecule has 2 N–H and O–H groups in total. The topological polar surface area (TPSA) is 138 Å². The van der Waals surface area contributed by atoms with Gasteiger partial charge in [-0.3, -0.25) is 19.4 Å². The number of ketones is 1. The Kier molecular flexibility index (Phi) is 8.82. The Morgan fingerprint density at radius 1 is 1.02 bits per heavy atom. The molecule has 2 amide bonds. The molecular weight excluding hydrogens is 627 g/mol. The van der Waals surface area contributed by atoms with Crippen molar-refractivity contribution < 1.29 is 33.5 Å². The van der Waals surface area contributed by atoms with E-state index in [1.165, 1.54) is 36.2 Å². The molecule has 0 saturated carbocycles. The van der Waals surface area contributed by atoms with Crippen LogP contribution in [0, 0.1) is 5.82 Å². The molecule has 238 valence electrons. The van der Waals surface area contributed by atoms with Crippen molar-refractivity contribution in [1.29, 1.82) is 0 Å². The molecule has 0 saturated heterocycles. The maximum atomic E-state index is 14.7. The second kappa shape index (κ2) is 13.1. The molecule has 4 aromatic rings. The molecule has 2 aliphatic rings. The van der Waals surface area contributed by atoms with Crippen LogP contribution in [0.2, 0.25) is 5.02 Å². The monoisotopic (exact) mass is 654 g/mol. The lowest BCUT2D eigenvalue weighted by molar-refractivity contribution is -0.149. The summed E-state index contributed by atoms with van der Waals surface area (Å²) in [6.07, 6.45) is 0.842. The highest BCUT2D eigenvalue weighted by atomic mass is 35.5. The van der Waals surface area contributed by atoms with Crippen molar-refractivity contribution >= 4 is 40.9 Å². The van der Waals surface area contributed by atoms with Crippen LogP contribution >= 0.6 is 11.6 Å². The van der Waals surface area contributed by atoms with Crippen molar-refractivity contribution in [3.05, 3.63) is 123 Å². The molecule has 3 heterocycles. The minimum atomic E-state index is -1.08. The number of benzene rings is 3. The average molecular weight is 655 g/mol. The van der Waals surface area contributed by atoms with Gasteiger partial charge in [0, 0.05) is 43.8 Å². The van der Waals surface area contributed by atoms with Crippen molar-refractivity contribution in [2.45, 2.75) is 31.4 Å². The van der Waals surface area contributed by atoms with Crippen molar-refractivity contribution in [3.63, 3.8) is 0 Å². The number of aromatic nitrogens is 1. The first-order chi connectivity index (χ1) is 22.7. The largest absolute Gasteiger partial charge is 0.478 e. The molecule has 47 heavy (non-hydrogen) atoms. The predicted octanol–water partition coefficient (Wildman–Crippen LogP) is 5.03. The first-order valence-corrected chi connectivity index (χ1v) is 15.2. The van der Waals surface area contributed by atoms with Gasteiger partial charge in [0.05, 0.1) is 16.3 Å². The van der Waals surface area contributed by atoms with Crippen molar-refractivity contribution in [2.24, 2.45) is 5.16 Å². The number of carbonyl (C=O) groups is 4. The Bertz CT molecular complexity index is 1930. The van der Waals surface area contributed by atoms with E-state index in [4.69, 9.17) is 16.4 Å². The van der Waals surface area contributed by atoms with E-state index in [1.807, 2.05) is 6.07 Å². The second-order valence-corrected chi connectivity index (χ2v) is 11.6. The molecule has 0 unspecified atom stereocenters. The summed E-state index contributed by atoms with van der Waals surface area (Å²) in [5, 5.41) is 15.7. The summed E-state index contributed by atoms with van der Waals surface area (Å²) in [7, 11) is 1.52. The van der Waals surface area contributed by atoms with E-state index in [-0.39, 0.29) is 58.6 Å². The average Bonchev–Trinajstić information content (AvgIpc) is 3.58. The van der Waals surface area contributed by atoms with Crippen LogP contribution in [-0.4, -0.2) is 64.0 Å². The number of oxime groups is 1. The third kappa shape index (κ3) is 6.22. The standard InChI is InChI=1S/C35H28ClFN4O6/c1-38-33(43)27-13-12-21(18-39-27)22-4-2-5-24-23(22)14-15-41(32(24)29(42)16-19-8-10-20(11-9-19)35(45)46)34(44)30-17-28(40-47-30)25-6-3-7-26(36)31(25)37/h2-13,18,30,32H,14-17H2,1H3,(H,38,43)(H,45,46)/t30-,32-/m1/s1. The number of amides is 2. The maximum absolute atomic E-state index is 14.7. The van der Waals surface area contributed by atoms with Crippen LogP contribution in [0.5, 0.6) is 0 Å². The number of carbonyl (C=O) groups excluding carboxylic acids is 3. The molecule has 2 aliphatic heterocycles. The van der Waals surface area contributed by atoms with Gasteiger partial charge in [-0.25, -0.2) is 9.18 Å². The molecule has 0 aliphatic carbocycles. The van der Waals surface area contributed by atoms with E-state index in [2.05, 4.69) is 15.5 Å². The molecule has 0 spiro atoms. The number of rotatable bonds is 8. The quantitative estimate of drug-likeness (QED) is 0.272. The summed E-state index contributed by atoms with van der Waals surface area (Å²) in [5.41, 5.74) is 4.35. The summed E-state index contributed by atoms with van der Waals surface area (Å²) >= 11 is 5.96. The van der Waals surface area contributed by atoms with Gasteiger partial charge in [0.2, 0.25) is 6.10 Å². The van der Waals surface area contributed by atoms with E-state index < -0.39 is 29.8 Å². The third-order valence-corrected chi connectivity index (χ3v) is 8.62. The van der Waals surface area contributed by atoms with Crippen LogP contribution in [0.25, 0.3) is 11.1 Å². The zero-order valence-corrected chi connectivity index (χ0v) is 25.8. The molecule has 0 radical (unpaired) electrons. The lowest BCUT2D eigenvalue weighted by Gasteiger charge is -2.38. The summed E-state index contributed by atoms with van der Waals surface area (Å²) in [6, 6.07) is 18.4. The van der Waals surface area contributed by atoms with E-state index >= 15 is 0 Å². The SMILES string of the molecule is CNC(=O)c1ccc(-c2cccc3c2CCN(C(=O)[C@H]2CC(c4cccc(Cl)c4F)=NO2)[C@H]3C(=O)Cc2ccc(C(=O)O)cc2)cn1. The number of carboxylic acid groups (broad SMARTS) is 1. The molecule has 3 aromatic carbocycles. The minimum absolute atomic E-state index is 0.0135. The first kappa shape index (κ1) is 31.6. The molecule has 10 nitrogen and oxygen atoms in total. The number of aromatic carboxylic acids is 1. The van der Waals surface area contributed by atoms with Crippen molar-refractivity contribution in [2.75, 3.05) is 13.6 Å². The molecule has 1 aromatic heterocycles. The summed E-state index contributed by atoms with van der Waals surface area (Å²) in [5.74, 6) is -2.82. The minimum Gasteiger partial charge on any atom is -0.478 e. The number of nitrogens with one attached hydrogen (secondary N) is 1. The van der Waals surface area contributed by atoms with Gasteiger partial charge < -0.3 is 20.2 Å². The Labute approximate surface area is 273 Å². The number of carboxylic acids is 1. The lowest BCUT2D eigenvalue weighted by Crippen LogP contribution is -2.48. The maximum Gasteiger partial charge on any atom is 0.335 e. The number of nitrogens with zero attached hydrogens (tertiary/aromatic N) is 3. The fourth-order valence-electron chi connectivity index (χ4n) is 5.98. The van der Waals surface area contributed by atoms with Gasteiger partial charge in [-0.15, -0.1) is 0 Å². The predicted molar refractivity (Wildman–Crippen MR) is 171 cm³/mol. The highest BCUT2D eigenvalue weighted by Crippen LogP contribution is 2.38. The van der Waals surface area contributed by atoms with Crippen LogP contribution in [-0.2, 0) is 27.3 Å². The van der Waals surface area contributed by atoms with Crippen LogP contribution in [0.1, 0.15) is 55.6 Å². The normalized spacial score (nSPS) is 16.9. The van der Waals surface area contributed by atoms with Crippen LogP contribution in [0.3, 0.4) is 0 Å². The van der Waals surface area contributed by atoms with E-state index in [1.54, 1.807) is 48.7 Å². The summed E-state index contributed by atoms with van der Waals surface area (Å²) in [6.45, 7) is 0.182. The van der Waals surface area contributed by atoms with E-state index in [9.17, 15) is 28.7 Å². The smallest absolute Gasteiger partial charge is 0.335 e. The summed E-state index contributed by atoms with van der Waals surface area (Å²) in [4.78, 5) is 62.9. The Morgan fingerprint density at radius 3 is 2.47 bits per heavy atom. The van der Waals surface area contributed by atoms with Crippen molar-refractivity contribution in [1.82, 2.24) is 15.2 Å². The highest BCUT2D eigenvalue weighted by molar-refractivity contribution is 6.31. The molecule has 6 rings (SSSR count). The number of fused-ring (bicyclic) bond motifs is 1. The Balaban J connectivity index is 1.33. The fourth-order valence-corrected chi connectivity index (χ4v) is 6.16. The number of pyridine rings is 1. The Morgan fingerprint density at radius 2 is 1.77 bits per heavy atom. The fraction of sp³-hybridized carbons (Fsp3) is 0.200. The highest BCUT2D eigenvalue weighted by Gasteiger charge is 2.42. The van der Waals surface area contributed by atoms with Gasteiger partial charge in [-0.2, -0.15) is 0 Å². The van der Waals surface area contributed by atoms with Gasteiger partial charge in [0.1, 0.15) is 11.7 Å². The number of hydrogen-bond acceptors (Lipinski definition) is 7. The van der Waals surface area contributed by atoms with Crippen LogP contribution in [0.15, 0.2) is 84.1 Å². The van der Waals surface area contributed by atoms with Crippen LogP contribution in [0.4, 0.5) is 4.39 Å². The van der Waals surface area contributed by atoms with Gasteiger partial charge >= 0.3 is 5.97 Å². The van der Waals surface area contributed by atoms with Gasteiger partial charge in [-0.05, 0) is 59.0 Å². The second-order valence-electron chi connectivity index (χ2n) is 11.2. The van der Waals surface area contributed by atoms with E-state index in [0.29, 0.717) is 17.5 Å². The lowest BCUT2D eigenvalue weighted by atomic mass is 9.83. The number of hydrogen-bond donors (Lipinski definition) is 2. The number of halogens is 2. The zero-order valence-electron chi connectivity index (χ0n) is 25.1. The Hall–Kier alpha value is -5.42. The van der Waals surface area contributed by atoms with Crippen LogP contribution < -0.4 is 5.32 Å². The third-order valence-electron chi connectivity index (χ3n) is 8.33. The molecule has 0 fully saturated rings. The summed E-state index contributed by atoms with van der Waals surface area (Å²) < 4.78 is 14.7. The molecule has 0 bridgehead atoms. The van der Waals surface area contributed by atoms with E-state index in [0.717, 1.165) is 16.7 Å². The molecule has 2 atom stereocenters. The first-order valence-electron chi connectivity index (χ1n) is 14.8. The van der Waals surface area contributed by atoms with Gasteiger partial charge in [-0.1, -0.05) is 59.2 Å². The molecular formula is C35H28ClFN4O6. The van der Waals surface area contributed by atoms with Gasteiger partial charge in [0.15, 0.2) is 11.6 Å². The number of Topliss-reactive ketones (excluding diaryl/α,β-unsaturated/α-hetero) is 1. The molecule has 12 heteroatoms. The zero-order chi connectivity index (χ0) is 33.2. The van der Waals surface area contributed by atoms with Crippen molar-refractivity contribution in [3.8, 4) is 11.1 Å².